The van der Waals surface area contributed by atoms with Gasteiger partial charge in [0.15, 0.2) is 6.61 Å². The van der Waals surface area contributed by atoms with E-state index in [1.807, 2.05) is 6.92 Å². The maximum Gasteiger partial charge on any atom is 0.339 e. The molecule has 1 fully saturated rings. The molecule has 0 saturated carbocycles. The Balaban J connectivity index is 2.62. The van der Waals surface area contributed by atoms with Gasteiger partial charge in [-0.15, -0.1) is 0 Å². The molecular weight excluding hydrogens is 281 g/mol. The summed E-state index contributed by atoms with van der Waals surface area (Å²) >= 11 is 10.6. The zero-order chi connectivity index (χ0) is 13.9. The monoisotopic (exact) mass is 297 g/mol. The van der Waals surface area contributed by atoms with Crippen molar-refractivity contribution in [2.24, 2.45) is 0 Å². The summed E-state index contributed by atoms with van der Waals surface area (Å²) in [6.45, 7) is 5.67. The molecule has 0 radical (unpaired) electrons. The van der Waals surface area contributed by atoms with Crippen molar-refractivity contribution in [3.63, 3.8) is 0 Å². The van der Waals surface area contributed by atoms with Gasteiger partial charge in [-0.1, -0.05) is 30.1 Å². The summed E-state index contributed by atoms with van der Waals surface area (Å²) in [4.78, 5) is 23.4. The molecule has 1 rings (SSSR count). The van der Waals surface area contributed by atoms with Crippen LogP contribution in [0, 0.1) is 0 Å². The van der Waals surface area contributed by atoms with Gasteiger partial charge in [0.25, 0.3) is 5.91 Å². The summed E-state index contributed by atoms with van der Waals surface area (Å²) in [5.74, 6) is -1.13. The lowest BCUT2D eigenvalue weighted by atomic mass is 10.1. The Kier molecular flexibility index (Phi) is 5.25. The number of carbonyl (C=O) groups excluding carboxylic acids is 2. The third kappa shape index (κ3) is 3.49. The fourth-order valence-electron chi connectivity index (χ4n) is 1.95. The number of hydrogen-bond donors (Lipinski definition) is 0. The third-order valence-electron chi connectivity index (χ3n) is 2.83. The van der Waals surface area contributed by atoms with E-state index in [0.29, 0.717) is 6.61 Å². The number of nitrogens with zero attached hydrogens (tertiary/aromatic N) is 1. The van der Waals surface area contributed by atoms with E-state index in [9.17, 15) is 9.59 Å². The van der Waals surface area contributed by atoms with E-state index in [1.54, 1.807) is 18.7 Å². The fourth-order valence-corrected chi connectivity index (χ4v) is 2.08. The highest BCUT2D eigenvalue weighted by Gasteiger charge is 2.42. The van der Waals surface area contributed by atoms with Crippen LogP contribution in [0.3, 0.4) is 0 Å². The Morgan fingerprint density at radius 1 is 1.50 bits per heavy atom. The SMILES string of the molecule is CCC1COC(C)(C)N1C(=O)COC(=O)C(Cl)Cl. The minimum atomic E-state index is -1.28. The number of carbonyl (C=O) groups is 2. The zero-order valence-electron chi connectivity index (χ0n) is 10.6. The molecule has 1 heterocycles. The molecule has 0 aromatic carbocycles. The normalized spacial score (nSPS) is 22.3. The molecule has 1 unspecified atom stereocenters. The lowest BCUT2D eigenvalue weighted by Gasteiger charge is -2.33. The molecule has 1 atom stereocenters. The van der Waals surface area contributed by atoms with Crippen LogP contribution in [0.2, 0.25) is 0 Å². The Morgan fingerprint density at radius 2 is 2.11 bits per heavy atom. The lowest BCUT2D eigenvalue weighted by molar-refractivity contribution is -0.158. The van der Waals surface area contributed by atoms with Crippen molar-refractivity contribution in [1.82, 2.24) is 4.90 Å². The molecule has 7 heteroatoms. The van der Waals surface area contributed by atoms with Gasteiger partial charge >= 0.3 is 5.97 Å². The molecule has 1 aliphatic heterocycles. The minimum absolute atomic E-state index is 0.00555. The highest BCUT2D eigenvalue weighted by Crippen LogP contribution is 2.28. The van der Waals surface area contributed by atoms with Gasteiger partial charge in [0.05, 0.1) is 12.6 Å². The quantitative estimate of drug-likeness (QED) is 0.585. The average molecular weight is 298 g/mol. The van der Waals surface area contributed by atoms with Crippen molar-refractivity contribution in [2.75, 3.05) is 13.2 Å². The van der Waals surface area contributed by atoms with Crippen molar-refractivity contribution in [3.8, 4) is 0 Å². The van der Waals surface area contributed by atoms with Crippen LogP contribution in [-0.2, 0) is 19.1 Å². The summed E-state index contributed by atoms with van der Waals surface area (Å²) in [5, 5.41) is 0. The molecule has 0 bridgehead atoms. The van der Waals surface area contributed by atoms with Crippen molar-refractivity contribution < 1.29 is 19.1 Å². The van der Waals surface area contributed by atoms with Crippen LogP contribution in [0.4, 0.5) is 0 Å². The third-order valence-corrected chi connectivity index (χ3v) is 3.19. The Labute approximate surface area is 116 Å². The number of rotatable bonds is 4. The molecule has 0 aromatic rings. The Bertz CT molecular complexity index is 333. The van der Waals surface area contributed by atoms with Crippen LogP contribution < -0.4 is 0 Å². The fraction of sp³-hybridized carbons (Fsp3) is 0.818. The largest absolute Gasteiger partial charge is 0.454 e. The van der Waals surface area contributed by atoms with Crippen molar-refractivity contribution in [2.45, 2.75) is 43.8 Å². The maximum absolute atomic E-state index is 12.0. The van der Waals surface area contributed by atoms with Gasteiger partial charge < -0.3 is 14.4 Å². The van der Waals surface area contributed by atoms with Gasteiger partial charge in [-0.2, -0.15) is 0 Å². The van der Waals surface area contributed by atoms with Gasteiger partial charge in [0, 0.05) is 0 Å². The second kappa shape index (κ2) is 6.08. The molecule has 0 N–H and O–H groups in total. The van der Waals surface area contributed by atoms with E-state index in [0.717, 1.165) is 6.42 Å². The van der Waals surface area contributed by atoms with Crippen molar-refractivity contribution in [3.05, 3.63) is 0 Å². The van der Waals surface area contributed by atoms with Crippen LogP contribution in [0.5, 0.6) is 0 Å². The van der Waals surface area contributed by atoms with E-state index in [-0.39, 0.29) is 18.6 Å². The molecule has 104 valence electrons. The first-order valence-corrected chi connectivity index (χ1v) is 6.57. The van der Waals surface area contributed by atoms with E-state index in [2.05, 4.69) is 0 Å². The molecule has 1 saturated heterocycles. The molecule has 0 spiro atoms. The first-order chi connectivity index (χ1) is 8.29. The van der Waals surface area contributed by atoms with Crippen molar-refractivity contribution in [1.29, 1.82) is 0 Å². The molecule has 5 nitrogen and oxygen atoms in total. The molecule has 1 amide bonds. The second-order valence-electron chi connectivity index (χ2n) is 4.49. The van der Waals surface area contributed by atoms with Crippen LogP contribution in [-0.4, -0.2) is 46.6 Å². The lowest BCUT2D eigenvalue weighted by Crippen LogP contribution is -2.49. The van der Waals surface area contributed by atoms with Crippen molar-refractivity contribution >= 4 is 35.1 Å². The Hall–Kier alpha value is -0.520. The summed E-state index contributed by atoms with van der Waals surface area (Å²) in [5.41, 5.74) is -0.689. The topological polar surface area (TPSA) is 55.8 Å². The van der Waals surface area contributed by atoms with Gasteiger partial charge in [0.2, 0.25) is 4.84 Å². The van der Waals surface area contributed by atoms with E-state index >= 15 is 0 Å². The number of hydrogen-bond acceptors (Lipinski definition) is 4. The molecule has 1 aliphatic rings. The number of halogens is 2. The van der Waals surface area contributed by atoms with E-state index in [4.69, 9.17) is 32.7 Å². The van der Waals surface area contributed by atoms with Gasteiger partial charge in [0.1, 0.15) is 5.72 Å². The maximum atomic E-state index is 12.0. The van der Waals surface area contributed by atoms with Gasteiger partial charge in [-0.25, -0.2) is 4.79 Å². The van der Waals surface area contributed by atoms with Gasteiger partial charge in [-0.05, 0) is 20.3 Å². The smallest absolute Gasteiger partial charge is 0.339 e. The summed E-state index contributed by atoms with van der Waals surface area (Å²) < 4.78 is 10.3. The second-order valence-corrected chi connectivity index (χ2v) is 5.59. The predicted molar refractivity (Wildman–Crippen MR) is 67.4 cm³/mol. The predicted octanol–water partition coefficient (Wildman–Crippen LogP) is 1.71. The highest BCUT2D eigenvalue weighted by molar-refractivity contribution is 6.52. The number of amides is 1. The van der Waals surface area contributed by atoms with Crippen LogP contribution in [0.1, 0.15) is 27.2 Å². The number of esters is 1. The molecule has 0 aromatic heterocycles. The number of ether oxygens (including phenoxy) is 2. The van der Waals surface area contributed by atoms with E-state index < -0.39 is 16.5 Å². The van der Waals surface area contributed by atoms with Gasteiger partial charge in [-0.3, -0.25) is 4.79 Å². The average Bonchev–Trinajstić information content (AvgIpc) is 2.60. The first-order valence-electron chi connectivity index (χ1n) is 5.70. The first kappa shape index (κ1) is 15.5. The summed E-state index contributed by atoms with van der Waals surface area (Å²) in [6.07, 6.45) is 0.775. The molecule has 18 heavy (non-hydrogen) atoms. The zero-order valence-corrected chi connectivity index (χ0v) is 12.1. The minimum Gasteiger partial charge on any atom is -0.454 e. The molecular formula is C11H17Cl2NO4. The number of alkyl halides is 2. The molecule has 0 aliphatic carbocycles. The summed E-state index contributed by atoms with van der Waals surface area (Å²) in [7, 11) is 0. The van der Waals surface area contributed by atoms with Crippen LogP contribution in [0.15, 0.2) is 0 Å². The summed E-state index contributed by atoms with van der Waals surface area (Å²) in [6, 6.07) is -0.00555. The van der Waals surface area contributed by atoms with E-state index in [1.165, 1.54) is 0 Å². The van der Waals surface area contributed by atoms with Crippen LogP contribution in [0.25, 0.3) is 0 Å². The van der Waals surface area contributed by atoms with Crippen LogP contribution >= 0.6 is 23.2 Å². The Morgan fingerprint density at radius 3 is 2.61 bits per heavy atom. The standard InChI is InChI=1S/C11H17Cl2NO4/c1-4-7-5-18-11(2,3)14(7)8(15)6-17-10(16)9(12)13/h7,9H,4-6H2,1-3H3. The highest BCUT2D eigenvalue weighted by atomic mass is 35.5.